The summed E-state index contributed by atoms with van der Waals surface area (Å²) in [6.45, 7) is 1.44. The van der Waals surface area contributed by atoms with Gasteiger partial charge in [0.05, 0.1) is 5.69 Å². The predicted octanol–water partition coefficient (Wildman–Crippen LogP) is 3.68. The number of nitrogens with zero attached hydrogens (tertiary/aromatic N) is 1. The molecule has 19 heavy (non-hydrogen) atoms. The molecule has 2 aromatic rings. The Kier molecular flexibility index (Phi) is 3.90. The van der Waals surface area contributed by atoms with Crippen LogP contribution in [0.4, 0.5) is 14.5 Å². The van der Waals surface area contributed by atoms with Gasteiger partial charge in [0.25, 0.3) is 5.91 Å². The van der Waals surface area contributed by atoms with E-state index in [-0.39, 0.29) is 16.9 Å². The van der Waals surface area contributed by atoms with E-state index in [0.717, 1.165) is 12.1 Å². The molecule has 0 atom stereocenters. The minimum Gasteiger partial charge on any atom is -0.318 e. The van der Waals surface area contributed by atoms with Crippen LogP contribution in [0.5, 0.6) is 0 Å². The van der Waals surface area contributed by atoms with Crippen LogP contribution in [0.1, 0.15) is 16.1 Å². The lowest BCUT2D eigenvalue weighted by atomic mass is 10.2. The molecule has 0 saturated carbocycles. The van der Waals surface area contributed by atoms with Crippen LogP contribution in [0.2, 0.25) is 0 Å². The van der Waals surface area contributed by atoms with Gasteiger partial charge in [-0.25, -0.2) is 13.8 Å². The van der Waals surface area contributed by atoms with Gasteiger partial charge in [-0.15, -0.1) is 0 Å². The number of carbonyl (C=O) groups excluding carboxylic acids is 1. The van der Waals surface area contributed by atoms with Crippen LogP contribution in [0.3, 0.4) is 0 Å². The number of anilines is 1. The average Bonchev–Trinajstić information content (AvgIpc) is 2.36. The van der Waals surface area contributed by atoms with Crippen LogP contribution in [-0.2, 0) is 0 Å². The Morgan fingerprint density at radius 3 is 2.74 bits per heavy atom. The van der Waals surface area contributed by atoms with Crippen LogP contribution in [-0.4, -0.2) is 10.9 Å². The number of nitrogens with one attached hydrogen (secondary N) is 1. The largest absolute Gasteiger partial charge is 0.318 e. The number of aromatic nitrogens is 1. The molecule has 1 aromatic heterocycles. The molecule has 0 saturated heterocycles. The molecule has 0 fully saturated rings. The number of hydrogen-bond donors (Lipinski definition) is 1. The number of carbonyl (C=O) groups is 1. The van der Waals surface area contributed by atoms with Crippen molar-refractivity contribution in [1.82, 2.24) is 4.98 Å². The molecule has 0 aliphatic heterocycles. The van der Waals surface area contributed by atoms with Crippen molar-refractivity contribution in [3.8, 4) is 0 Å². The van der Waals surface area contributed by atoms with E-state index in [4.69, 9.17) is 0 Å². The van der Waals surface area contributed by atoms with Crippen molar-refractivity contribution in [2.75, 3.05) is 5.32 Å². The lowest BCUT2D eigenvalue weighted by molar-refractivity contribution is 0.102. The zero-order valence-corrected chi connectivity index (χ0v) is 11.5. The second-order valence-corrected chi connectivity index (χ2v) is 4.72. The van der Waals surface area contributed by atoms with E-state index >= 15 is 0 Å². The van der Waals surface area contributed by atoms with Gasteiger partial charge >= 0.3 is 0 Å². The van der Waals surface area contributed by atoms with Gasteiger partial charge in [0.1, 0.15) is 17.3 Å². The molecule has 0 radical (unpaired) electrons. The summed E-state index contributed by atoms with van der Waals surface area (Å²) < 4.78 is 27.4. The van der Waals surface area contributed by atoms with Crippen molar-refractivity contribution in [1.29, 1.82) is 0 Å². The third kappa shape index (κ3) is 2.96. The summed E-state index contributed by atoms with van der Waals surface area (Å²) in [7, 11) is 0. The molecule has 6 heteroatoms. The van der Waals surface area contributed by atoms with Crippen LogP contribution in [0, 0.1) is 18.6 Å². The fourth-order valence-corrected chi connectivity index (χ4v) is 1.91. The molecule has 0 aliphatic carbocycles. The van der Waals surface area contributed by atoms with Gasteiger partial charge in [0, 0.05) is 16.7 Å². The summed E-state index contributed by atoms with van der Waals surface area (Å²) >= 11 is 3.16. The Bertz CT molecular complexity index is 647. The normalized spacial score (nSPS) is 10.3. The van der Waals surface area contributed by atoms with Gasteiger partial charge < -0.3 is 5.32 Å². The van der Waals surface area contributed by atoms with Crippen molar-refractivity contribution in [2.45, 2.75) is 6.92 Å². The second-order valence-electron chi connectivity index (χ2n) is 3.87. The highest BCUT2D eigenvalue weighted by molar-refractivity contribution is 9.10. The van der Waals surface area contributed by atoms with Gasteiger partial charge in [-0.3, -0.25) is 4.79 Å². The molecule has 0 aliphatic rings. The van der Waals surface area contributed by atoms with E-state index in [2.05, 4.69) is 26.2 Å². The number of amides is 1. The van der Waals surface area contributed by atoms with Gasteiger partial charge in [-0.2, -0.15) is 0 Å². The first-order valence-corrected chi connectivity index (χ1v) is 6.16. The number of benzene rings is 1. The molecule has 1 amide bonds. The van der Waals surface area contributed by atoms with Crippen LogP contribution in [0.25, 0.3) is 0 Å². The zero-order chi connectivity index (χ0) is 14.0. The molecule has 3 nitrogen and oxygen atoms in total. The predicted molar refractivity (Wildman–Crippen MR) is 71.0 cm³/mol. The number of rotatable bonds is 2. The van der Waals surface area contributed by atoms with Crippen molar-refractivity contribution in [2.24, 2.45) is 0 Å². The summed E-state index contributed by atoms with van der Waals surface area (Å²) in [5.41, 5.74) is 0.0584. The molecule has 1 heterocycles. The SMILES string of the molecule is Cc1cc(F)c(NC(=O)c2ncccc2Br)cc1F. The Morgan fingerprint density at radius 2 is 2.05 bits per heavy atom. The topological polar surface area (TPSA) is 42.0 Å². The molecule has 0 unspecified atom stereocenters. The van der Waals surface area contributed by atoms with E-state index in [0.29, 0.717) is 4.47 Å². The van der Waals surface area contributed by atoms with Gasteiger partial charge in [-0.05, 0) is 46.6 Å². The number of hydrogen-bond acceptors (Lipinski definition) is 2. The highest BCUT2D eigenvalue weighted by Gasteiger charge is 2.14. The molecule has 0 bridgehead atoms. The van der Waals surface area contributed by atoms with E-state index in [9.17, 15) is 13.6 Å². The number of aryl methyl sites for hydroxylation is 1. The lowest BCUT2D eigenvalue weighted by Crippen LogP contribution is -2.15. The van der Waals surface area contributed by atoms with E-state index in [1.807, 2.05) is 0 Å². The fraction of sp³-hybridized carbons (Fsp3) is 0.0769. The third-order valence-electron chi connectivity index (χ3n) is 2.47. The second kappa shape index (κ2) is 5.44. The summed E-state index contributed by atoms with van der Waals surface area (Å²) in [5, 5.41) is 2.29. The van der Waals surface area contributed by atoms with Crippen LogP contribution < -0.4 is 5.32 Å². The zero-order valence-electron chi connectivity index (χ0n) is 9.88. The van der Waals surface area contributed by atoms with Gasteiger partial charge in [0.2, 0.25) is 0 Å². The smallest absolute Gasteiger partial charge is 0.275 e. The van der Waals surface area contributed by atoms with Crippen molar-refractivity contribution < 1.29 is 13.6 Å². The molecule has 1 aromatic carbocycles. The molecule has 0 spiro atoms. The summed E-state index contributed by atoms with van der Waals surface area (Å²) in [6, 6.07) is 5.25. The summed E-state index contributed by atoms with van der Waals surface area (Å²) in [5.74, 6) is -1.90. The Balaban J connectivity index is 2.30. The fourth-order valence-electron chi connectivity index (χ4n) is 1.48. The Hall–Kier alpha value is -1.82. The molecule has 1 N–H and O–H groups in total. The van der Waals surface area contributed by atoms with Crippen molar-refractivity contribution >= 4 is 27.5 Å². The van der Waals surface area contributed by atoms with Crippen molar-refractivity contribution in [3.05, 3.63) is 57.8 Å². The van der Waals surface area contributed by atoms with Crippen LogP contribution >= 0.6 is 15.9 Å². The maximum atomic E-state index is 13.6. The van der Waals surface area contributed by atoms with E-state index in [1.165, 1.54) is 13.1 Å². The van der Waals surface area contributed by atoms with Gasteiger partial charge in [-0.1, -0.05) is 0 Å². The van der Waals surface area contributed by atoms with Crippen molar-refractivity contribution in [3.63, 3.8) is 0 Å². The third-order valence-corrected chi connectivity index (χ3v) is 3.11. The summed E-state index contributed by atoms with van der Waals surface area (Å²) in [6.07, 6.45) is 1.44. The summed E-state index contributed by atoms with van der Waals surface area (Å²) in [4.78, 5) is 15.8. The van der Waals surface area contributed by atoms with Crippen LogP contribution in [0.15, 0.2) is 34.9 Å². The molecule has 98 valence electrons. The first-order valence-electron chi connectivity index (χ1n) is 5.36. The van der Waals surface area contributed by atoms with E-state index < -0.39 is 17.5 Å². The highest BCUT2D eigenvalue weighted by atomic mass is 79.9. The quantitative estimate of drug-likeness (QED) is 0.914. The Labute approximate surface area is 116 Å². The average molecular weight is 327 g/mol. The van der Waals surface area contributed by atoms with Gasteiger partial charge in [0.15, 0.2) is 0 Å². The highest BCUT2D eigenvalue weighted by Crippen LogP contribution is 2.21. The minimum atomic E-state index is -0.695. The molecular formula is C13H9BrF2N2O. The standard InChI is InChI=1S/C13H9BrF2N2O/c1-7-5-10(16)11(6-9(7)15)18-13(19)12-8(14)3-2-4-17-12/h2-6H,1H3,(H,18,19). The number of pyridine rings is 1. The maximum Gasteiger partial charge on any atom is 0.275 e. The maximum absolute atomic E-state index is 13.6. The molecular weight excluding hydrogens is 318 g/mol. The number of halogens is 3. The van der Waals surface area contributed by atoms with E-state index in [1.54, 1.807) is 12.1 Å². The molecule has 2 rings (SSSR count). The monoisotopic (exact) mass is 326 g/mol. The first kappa shape index (κ1) is 13.6. The Morgan fingerprint density at radius 1 is 1.32 bits per heavy atom. The lowest BCUT2D eigenvalue weighted by Gasteiger charge is -2.08. The first-order chi connectivity index (χ1) is 8.99. The minimum absolute atomic E-state index is 0.0999.